The van der Waals surface area contributed by atoms with Crippen LogP contribution in [0.2, 0.25) is 5.02 Å². The van der Waals surface area contributed by atoms with Gasteiger partial charge in [0.1, 0.15) is 5.75 Å². The molecule has 3 rings (SSSR count). The number of ether oxygens (including phenoxy) is 1. The van der Waals surface area contributed by atoms with Crippen LogP contribution in [0.3, 0.4) is 0 Å². The van der Waals surface area contributed by atoms with Crippen molar-refractivity contribution in [2.45, 2.75) is 19.5 Å². The van der Waals surface area contributed by atoms with Gasteiger partial charge in [0.2, 0.25) is 11.8 Å². The van der Waals surface area contributed by atoms with E-state index in [1.54, 1.807) is 18.1 Å². The Morgan fingerprint density at radius 2 is 1.88 bits per heavy atom. The van der Waals surface area contributed by atoms with E-state index in [1.165, 1.54) is 0 Å². The SMILES string of the molecule is COc1ccccc1CN1CC(C(=O)NCc2ccccc2Cl)CC1=O. The first-order chi connectivity index (χ1) is 12.6. The van der Waals surface area contributed by atoms with Crippen molar-refractivity contribution < 1.29 is 14.3 Å². The van der Waals surface area contributed by atoms with E-state index in [2.05, 4.69) is 5.32 Å². The summed E-state index contributed by atoms with van der Waals surface area (Å²) in [6, 6.07) is 15.0. The van der Waals surface area contributed by atoms with E-state index in [1.807, 2.05) is 42.5 Å². The van der Waals surface area contributed by atoms with Crippen LogP contribution in [0.5, 0.6) is 5.75 Å². The number of nitrogens with one attached hydrogen (secondary N) is 1. The molecule has 6 heteroatoms. The van der Waals surface area contributed by atoms with Gasteiger partial charge in [-0.15, -0.1) is 0 Å². The monoisotopic (exact) mass is 372 g/mol. The fourth-order valence-corrected chi connectivity index (χ4v) is 3.31. The van der Waals surface area contributed by atoms with Gasteiger partial charge in [0.15, 0.2) is 0 Å². The number of methoxy groups -OCH3 is 1. The summed E-state index contributed by atoms with van der Waals surface area (Å²) in [4.78, 5) is 26.5. The van der Waals surface area contributed by atoms with E-state index in [4.69, 9.17) is 16.3 Å². The Balaban J connectivity index is 1.58. The second kappa shape index (κ2) is 8.23. The normalized spacial score (nSPS) is 16.6. The van der Waals surface area contributed by atoms with E-state index in [9.17, 15) is 9.59 Å². The Bertz CT molecular complexity index is 809. The predicted octanol–water partition coefficient (Wildman–Crippen LogP) is 3.01. The van der Waals surface area contributed by atoms with Crippen molar-refractivity contribution in [1.29, 1.82) is 0 Å². The topological polar surface area (TPSA) is 58.6 Å². The van der Waals surface area contributed by atoms with Gasteiger partial charge in [0.05, 0.1) is 13.0 Å². The van der Waals surface area contributed by atoms with E-state index in [0.717, 1.165) is 16.9 Å². The lowest BCUT2D eigenvalue weighted by Crippen LogP contribution is -2.32. The van der Waals surface area contributed by atoms with Gasteiger partial charge in [0.25, 0.3) is 0 Å². The molecule has 1 fully saturated rings. The highest BCUT2D eigenvalue weighted by Crippen LogP contribution is 2.25. The summed E-state index contributed by atoms with van der Waals surface area (Å²) in [7, 11) is 1.61. The fourth-order valence-electron chi connectivity index (χ4n) is 3.11. The predicted molar refractivity (Wildman–Crippen MR) is 99.8 cm³/mol. The molecule has 0 radical (unpaired) electrons. The third kappa shape index (κ3) is 4.17. The Morgan fingerprint density at radius 3 is 2.62 bits per heavy atom. The van der Waals surface area contributed by atoms with Crippen molar-refractivity contribution in [3.8, 4) is 5.75 Å². The molecule has 1 aliphatic heterocycles. The highest BCUT2D eigenvalue weighted by molar-refractivity contribution is 6.31. The number of halogens is 1. The van der Waals surface area contributed by atoms with Crippen LogP contribution in [0.4, 0.5) is 0 Å². The maximum atomic E-state index is 12.4. The van der Waals surface area contributed by atoms with Gasteiger partial charge < -0.3 is 15.0 Å². The minimum absolute atomic E-state index is 0.0196. The van der Waals surface area contributed by atoms with E-state index >= 15 is 0 Å². The van der Waals surface area contributed by atoms with Crippen molar-refractivity contribution in [2.24, 2.45) is 5.92 Å². The first-order valence-corrected chi connectivity index (χ1v) is 8.87. The molecule has 1 atom stereocenters. The average molecular weight is 373 g/mol. The van der Waals surface area contributed by atoms with Crippen LogP contribution in [0.25, 0.3) is 0 Å². The largest absolute Gasteiger partial charge is 0.496 e. The molecule has 1 aliphatic rings. The number of amides is 2. The maximum absolute atomic E-state index is 12.4. The summed E-state index contributed by atoms with van der Waals surface area (Å²) in [5.41, 5.74) is 1.79. The number of hydrogen-bond acceptors (Lipinski definition) is 3. The van der Waals surface area contributed by atoms with Gasteiger partial charge in [0, 0.05) is 36.6 Å². The quantitative estimate of drug-likeness (QED) is 0.848. The second-order valence-corrected chi connectivity index (χ2v) is 6.70. The maximum Gasteiger partial charge on any atom is 0.225 e. The lowest BCUT2D eigenvalue weighted by molar-refractivity contribution is -0.129. The van der Waals surface area contributed by atoms with Crippen LogP contribution in [0, 0.1) is 5.92 Å². The molecule has 2 aromatic carbocycles. The molecular formula is C20H21ClN2O3. The first kappa shape index (κ1) is 18.3. The fraction of sp³-hybridized carbons (Fsp3) is 0.300. The van der Waals surface area contributed by atoms with Gasteiger partial charge in [-0.2, -0.15) is 0 Å². The summed E-state index contributed by atoms with van der Waals surface area (Å²) in [5, 5.41) is 3.50. The zero-order valence-electron chi connectivity index (χ0n) is 14.6. The molecular weight excluding hydrogens is 352 g/mol. The molecule has 0 aromatic heterocycles. The minimum atomic E-state index is -0.348. The molecule has 0 bridgehead atoms. The number of carbonyl (C=O) groups is 2. The molecule has 2 aromatic rings. The third-order valence-corrected chi connectivity index (χ3v) is 4.92. The van der Waals surface area contributed by atoms with Crippen molar-refractivity contribution in [1.82, 2.24) is 10.2 Å². The smallest absolute Gasteiger partial charge is 0.225 e. The number of benzene rings is 2. The van der Waals surface area contributed by atoms with Gasteiger partial charge in [-0.05, 0) is 17.7 Å². The number of rotatable bonds is 6. The standard InChI is InChI=1S/C20H21ClN2O3/c1-26-18-9-5-3-7-15(18)12-23-13-16(10-19(23)24)20(25)22-11-14-6-2-4-8-17(14)21/h2-9,16H,10-13H2,1H3,(H,22,25). The first-order valence-electron chi connectivity index (χ1n) is 8.49. The van der Waals surface area contributed by atoms with Crippen molar-refractivity contribution in [3.63, 3.8) is 0 Å². The van der Waals surface area contributed by atoms with Gasteiger partial charge >= 0.3 is 0 Å². The van der Waals surface area contributed by atoms with Crippen LogP contribution >= 0.6 is 11.6 Å². The van der Waals surface area contributed by atoms with Gasteiger partial charge in [-0.1, -0.05) is 48.0 Å². The van der Waals surface area contributed by atoms with E-state index in [0.29, 0.717) is 24.7 Å². The molecule has 5 nitrogen and oxygen atoms in total. The summed E-state index contributed by atoms with van der Waals surface area (Å²) < 4.78 is 5.33. The van der Waals surface area contributed by atoms with Crippen LogP contribution in [0.15, 0.2) is 48.5 Å². The van der Waals surface area contributed by atoms with Crippen LogP contribution < -0.4 is 10.1 Å². The molecule has 1 heterocycles. The van der Waals surface area contributed by atoms with Gasteiger partial charge in [-0.25, -0.2) is 0 Å². The van der Waals surface area contributed by atoms with Crippen LogP contribution in [0.1, 0.15) is 17.5 Å². The number of hydrogen-bond donors (Lipinski definition) is 1. The van der Waals surface area contributed by atoms with Crippen molar-refractivity contribution in [3.05, 3.63) is 64.7 Å². The Hall–Kier alpha value is -2.53. The minimum Gasteiger partial charge on any atom is -0.496 e. The van der Waals surface area contributed by atoms with Gasteiger partial charge in [-0.3, -0.25) is 9.59 Å². The molecule has 2 amide bonds. The highest BCUT2D eigenvalue weighted by Gasteiger charge is 2.34. The Morgan fingerprint density at radius 1 is 1.19 bits per heavy atom. The number of nitrogens with zero attached hydrogens (tertiary/aromatic N) is 1. The zero-order valence-corrected chi connectivity index (χ0v) is 15.3. The molecule has 136 valence electrons. The molecule has 0 spiro atoms. The van der Waals surface area contributed by atoms with Crippen molar-refractivity contribution >= 4 is 23.4 Å². The van der Waals surface area contributed by atoms with E-state index < -0.39 is 0 Å². The highest BCUT2D eigenvalue weighted by atomic mass is 35.5. The average Bonchev–Trinajstić information content (AvgIpc) is 3.02. The summed E-state index contributed by atoms with van der Waals surface area (Å²) in [6.07, 6.45) is 0.226. The molecule has 0 saturated carbocycles. The zero-order chi connectivity index (χ0) is 18.5. The molecule has 1 saturated heterocycles. The lowest BCUT2D eigenvalue weighted by Gasteiger charge is -2.18. The summed E-state index contributed by atoms with van der Waals surface area (Å²) in [5.74, 6) is 0.251. The molecule has 1 unspecified atom stereocenters. The number of carbonyl (C=O) groups excluding carboxylic acids is 2. The summed E-state index contributed by atoms with van der Waals surface area (Å²) >= 11 is 6.11. The van der Waals surface area contributed by atoms with Crippen LogP contribution in [-0.4, -0.2) is 30.4 Å². The number of likely N-dealkylation sites (tertiary alicyclic amines) is 1. The second-order valence-electron chi connectivity index (χ2n) is 6.30. The molecule has 26 heavy (non-hydrogen) atoms. The summed E-state index contributed by atoms with van der Waals surface area (Å²) in [6.45, 7) is 1.21. The number of para-hydroxylation sites is 1. The van der Waals surface area contributed by atoms with Crippen LogP contribution in [-0.2, 0) is 22.7 Å². The molecule has 0 aliphatic carbocycles. The van der Waals surface area contributed by atoms with E-state index in [-0.39, 0.29) is 24.2 Å². The van der Waals surface area contributed by atoms with Crippen molar-refractivity contribution in [2.75, 3.05) is 13.7 Å². The Kier molecular flexibility index (Phi) is 5.78. The lowest BCUT2D eigenvalue weighted by atomic mass is 10.1. The third-order valence-electron chi connectivity index (χ3n) is 4.55. The molecule has 1 N–H and O–H groups in total. The Labute approximate surface area is 157 Å².